The molecule has 0 radical (unpaired) electrons. The molecule has 0 aromatic heterocycles. The van der Waals surface area contributed by atoms with Crippen LogP contribution in [0.25, 0.3) is 0 Å². The highest BCUT2D eigenvalue weighted by molar-refractivity contribution is 6.77. The molecule has 0 amide bonds. The third-order valence-corrected chi connectivity index (χ3v) is 8.04. The molecule has 0 aromatic carbocycles. The van der Waals surface area contributed by atoms with E-state index < -0.39 is 8.07 Å². The van der Waals surface area contributed by atoms with E-state index >= 15 is 0 Å². The summed E-state index contributed by atoms with van der Waals surface area (Å²) in [5.74, 6) is 0. The van der Waals surface area contributed by atoms with Crippen molar-refractivity contribution in [1.82, 2.24) is 0 Å². The molecule has 110 valence electrons. The van der Waals surface area contributed by atoms with E-state index in [4.69, 9.17) is 0 Å². The van der Waals surface area contributed by atoms with E-state index in [-0.39, 0.29) is 0 Å². The predicted molar refractivity (Wildman–Crippen MR) is 89.2 cm³/mol. The van der Waals surface area contributed by atoms with Gasteiger partial charge in [-0.25, -0.2) is 0 Å². The molecule has 0 heterocycles. The Morgan fingerprint density at radius 2 is 0.944 bits per heavy atom. The normalized spacial score (nSPS) is 12.0. The van der Waals surface area contributed by atoms with Gasteiger partial charge in [0.05, 0.1) is 0 Å². The van der Waals surface area contributed by atoms with Crippen molar-refractivity contribution in [1.29, 1.82) is 0 Å². The Hall–Kier alpha value is 0.217. The van der Waals surface area contributed by atoms with E-state index in [0.29, 0.717) is 0 Å². The largest absolute Gasteiger partial charge is 0.0694 e. The lowest BCUT2D eigenvalue weighted by molar-refractivity contribution is 0.553. The molecule has 0 aliphatic carbocycles. The summed E-state index contributed by atoms with van der Waals surface area (Å²) in [6, 6.07) is 3.02. The number of hydrogen-bond acceptors (Lipinski definition) is 0. The van der Waals surface area contributed by atoms with Gasteiger partial charge in [0.25, 0.3) is 0 Å². The molecule has 0 saturated heterocycles. The van der Waals surface area contributed by atoms with E-state index in [1.165, 1.54) is 76.7 Å². The second kappa shape index (κ2) is 12.3. The minimum atomic E-state index is -0.771. The molecule has 0 aromatic rings. The third kappa shape index (κ3) is 12.7. The quantitative estimate of drug-likeness (QED) is 0.249. The molecule has 0 saturated carbocycles. The van der Waals surface area contributed by atoms with E-state index in [1.807, 2.05) is 0 Å². The van der Waals surface area contributed by atoms with Crippen molar-refractivity contribution in [2.24, 2.45) is 0 Å². The summed E-state index contributed by atoms with van der Waals surface area (Å²) in [5, 5.41) is 0. The standard InChI is InChI=1S/C17H38Si/c1-5-7-8-9-10-11-12-13-14-15-16-17-18(3,4)6-2/h5-17H2,1-4H3. The van der Waals surface area contributed by atoms with Gasteiger partial charge in [0.15, 0.2) is 0 Å². The van der Waals surface area contributed by atoms with Crippen LogP contribution >= 0.6 is 0 Å². The highest BCUT2D eigenvalue weighted by Gasteiger charge is 2.16. The van der Waals surface area contributed by atoms with Gasteiger partial charge in [-0.3, -0.25) is 0 Å². The Labute approximate surface area is 118 Å². The van der Waals surface area contributed by atoms with Crippen molar-refractivity contribution in [3.8, 4) is 0 Å². The second-order valence-corrected chi connectivity index (χ2v) is 12.3. The van der Waals surface area contributed by atoms with Crippen LogP contribution in [0, 0.1) is 0 Å². The molecule has 0 rings (SSSR count). The molecule has 0 aliphatic rings. The highest BCUT2D eigenvalue weighted by Crippen LogP contribution is 2.19. The zero-order valence-corrected chi connectivity index (χ0v) is 14.7. The van der Waals surface area contributed by atoms with Crippen LogP contribution in [0.15, 0.2) is 0 Å². The Bertz CT molecular complexity index is 163. The molecule has 0 atom stereocenters. The maximum absolute atomic E-state index is 2.54. The molecule has 0 spiro atoms. The SMILES string of the molecule is CCCCCCCCCCCCC[Si](C)(C)CC. The average Bonchev–Trinajstić information content (AvgIpc) is 2.36. The predicted octanol–water partition coefficient (Wildman–Crippen LogP) is 7.03. The summed E-state index contributed by atoms with van der Waals surface area (Å²) in [5.41, 5.74) is 0. The van der Waals surface area contributed by atoms with Crippen molar-refractivity contribution in [2.45, 2.75) is 110 Å². The first-order valence-electron chi connectivity index (χ1n) is 8.62. The summed E-state index contributed by atoms with van der Waals surface area (Å²) in [7, 11) is -0.771. The fourth-order valence-electron chi connectivity index (χ4n) is 2.44. The zero-order valence-electron chi connectivity index (χ0n) is 13.7. The van der Waals surface area contributed by atoms with Crippen molar-refractivity contribution >= 4 is 8.07 Å². The third-order valence-electron chi connectivity index (χ3n) is 4.41. The van der Waals surface area contributed by atoms with Crippen molar-refractivity contribution in [3.63, 3.8) is 0 Å². The molecule has 0 aliphatic heterocycles. The number of unbranched alkanes of at least 4 members (excludes halogenated alkanes) is 10. The minimum Gasteiger partial charge on any atom is -0.0694 e. The second-order valence-electron chi connectivity index (χ2n) is 6.80. The van der Waals surface area contributed by atoms with Gasteiger partial charge < -0.3 is 0 Å². The smallest absolute Gasteiger partial charge is 0.0471 e. The first-order valence-corrected chi connectivity index (χ1v) is 12.0. The topological polar surface area (TPSA) is 0 Å². The fourth-order valence-corrected chi connectivity index (χ4v) is 4.01. The fraction of sp³-hybridized carbons (Fsp3) is 1.00. The van der Waals surface area contributed by atoms with Crippen LogP contribution in [0.4, 0.5) is 0 Å². The van der Waals surface area contributed by atoms with Crippen LogP contribution in [0.5, 0.6) is 0 Å². The van der Waals surface area contributed by atoms with Gasteiger partial charge in [-0.15, -0.1) is 0 Å². The van der Waals surface area contributed by atoms with Crippen LogP contribution in [-0.4, -0.2) is 8.07 Å². The van der Waals surface area contributed by atoms with Crippen molar-refractivity contribution in [2.75, 3.05) is 0 Å². The molecular formula is C17H38Si. The molecule has 0 fully saturated rings. The first kappa shape index (κ1) is 18.2. The van der Waals surface area contributed by atoms with Gasteiger partial charge in [0, 0.05) is 8.07 Å². The lowest BCUT2D eigenvalue weighted by atomic mass is 10.1. The van der Waals surface area contributed by atoms with E-state index in [9.17, 15) is 0 Å². The van der Waals surface area contributed by atoms with Crippen LogP contribution in [0.2, 0.25) is 25.2 Å². The van der Waals surface area contributed by atoms with Crippen molar-refractivity contribution in [3.05, 3.63) is 0 Å². The molecule has 18 heavy (non-hydrogen) atoms. The summed E-state index contributed by atoms with van der Waals surface area (Å²) >= 11 is 0. The van der Waals surface area contributed by atoms with Gasteiger partial charge in [-0.1, -0.05) is 110 Å². The van der Waals surface area contributed by atoms with Crippen LogP contribution in [0.1, 0.15) is 84.5 Å². The van der Waals surface area contributed by atoms with Crippen LogP contribution in [-0.2, 0) is 0 Å². The maximum atomic E-state index is 2.54. The lowest BCUT2D eigenvalue weighted by Crippen LogP contribution is -2.22. The first-order chi connectivity index (χ1) is 8.62. The van der Waals surface area contributed by atoms with E-state index in [0.717, 1.165) is 0 Å². The van der Waals surface area contributed by atoms with Crippen LogP contribution < -0.4 is 0 Å². The Morgan fingerprint density at radius 3 is 1.33 bits per heavy atom. The summed E-state index contributed by atoms with van der Waals surface area (Å²) in [6.07, 6.45) is 16.2. The maximum Gasteiger partial charge on any atom is 0.0471 e. The summed E-state index contributed by atoms with van der Waals surface area (Å²) < 4.78 is 0. The molecule has 0 nitrogen and oxygen atoms in total. The van der Waals surface area contributed by atoms with Crippen LogP contribution in [0.3, 0.4) is 0 Å². The lowest BCUT2D eigenvalue weighted by Gasteiger charge is -2.19. The molecular weight excluding hydrogens is 232 g/mol. The average molecular weight is 271 g/mol. The van der Waals surface area contributed by atoms with Crippen molar-refractivity contribution < 1.29 is 0 Å². The Balaban J connectivity index is 3.08. The van der Waals surface area contributed by atoms with Gasteiger partial charge in [-0.05, 0) is 0 Å². The molecule has 1 heteroatoms. The number of hydrogen-bond donors (Lipinski definition) is 0. The van der Waals surface area contributed by atoms with Gasteiger partial charge >= 0.3 is 0 Å². The Kier molecular flexibility index (Phi) is 12.4. The van der Waals surface area contributed by atoms with E-state index in [2.05, 4.69) is 26.9 Å². The summed E-state index contributed by atoms with van der Waals surface area (Å²) in [4.78, 5) is 0. The monoisotopic (exact) mass is 270 g/mol. The van der Waals surface area contributed by atoms with Gasteiger partial charge in [0.1, 0.15) is 0 Å². The zero-order chi connectivity index (χ0) is 13.7. The number of rotatable bonds is 13. The molecule has 0 N–H and O–H groups in total. The minimum absolute atomic E-state index is 0.771. The summed E-state index contributed by atoms with van der Waals surface area (Å²) in [6.45, 7) is 9.76. The molecule has 0 bridgehead atoms. The van der Waals surface area contributed by atoms with Gasteiger partial charge in [-0.2, -0.15) is 0 Å². The van der Waals surface area contributed by atoms with E-state index in [1.54, 1.807) is 6.04 Å². The highest BCUT2D eigenvalue weighted by atomic mass is 28.3. The Morgan fingerprint density at radius 1 is 0.556 bits per heavy atom. The molecule has 0 unspecified atom stereocenters. The van der Waals surface area contributed by atoms with Gasteiger partial charge in [0.2, 0.25) is 0 Å².